The van der Waals surface area contributed by atoms with Gasteiger partial charge in [0.05, 0.1) is 28.4 Å². The van der Waals surface area contributed by atoms with E-state index in [9.17, 15) is 13.5 Å². The first-order valence-corrected chi connectivity index (χ1v) is 9.14. The van der Waals surface area contributed by atoms with Crippen LogP contribution in [0.3, 0.4) is 0 Å². The minimum Gasteiger partial charge on any atom is -0.396 e. The molecule has 0 saturated heterocycles. The van der Waals surface area contributed by atoms with Gasteiger partial charge in [-0.15, -0.1) is 0 Å². The van der Waals surface area contributed by atoms with Crippen LogP contribution in [-0.4, -0.2) is 31.9 Å². The number of aliphatic hydroxyl groups excluding tert-OH is 1. The van der Waals surface area contributed by atoms with Gasteiger partial charge in [-0.1, -0.05) is 25.8 Å². The van der Waals surface area contributed by atoms with E-state index in [-0.39, 0.29) is 17.2 Å². The molecule has 0 bridgehead atoms. The van der Waals surface area contributed by atoms with Gasteiger partial charge >= 0.3 is 0 Å². The van der Waals surface area contributed by atoms with Crippen molar-refractivity contribution < 1.29 is 13.5 Å². The number of hydrogen-bond donors (Lipinski definition) is 3. The van der Waals surface area contributed by atoms with Crippen LogP contribution in [0.2, 0.25) is 0 Å². The Morgan fingerprint density at radius 2 is 2.19 bits per heavy atom. The average molecular weight is 312 g/mol. The van der Waals surface area contributed by atoms with Crippen LogP contribution in [0.15, 0.2) is 23.1 Å². The molecule has 0 heterocycles. The van der Waals surface area contributed by atoms with Gasteiger partial charge in [-0.3, -0.25) is 0 Å². The van der Waals surface area contributed by atoms with E-state index in [4.69, 9.17) is 5.73 Å². The van der Waals surface area contributed by atoms with Crippen LogP contribution >= 0.6 is 0 Å². The van der Waals surface area contributed by atoms with E-state index in [1.165, 1.54) is 6.07 Å². The van der Waals surface area contributed by atoms with Crippen molar-refractivity contribution in [3.05, 3.63) is 18.2 Å². The van der Waals surface area contributed by atoms with Gasteiger partial charge in [0.2, 0.25) is 0 Å². The minimum atomic E-state index is -3.36. The van der Waals surface area contributed by atoms with Gasteiger partial charge in [0.1, 0.15) is 0 Å². The Bertz CT molecular complexity index is 615. The van der Waals surface area contributed by atoms with Crippen LogP contribution in [0, 0.1) is 5.92 Å². The minimum absolute atomic E-state index is 0.0138. The van der Waals surface area contributed by atoms with Crippen molar-refractivity contribution in [3.63, 3.8) is 0 Å². The van der Waals surface area contributed by atoms with Crippen molar-refractivity contribution >= 4 is 21.2 Å². The molecule has 0 aliphatic heterocycles. The number of anilines is 2. The normalized spacial score (nSPS) is 26.5. The van der Waals surface area contributed by atoms with Gasteiger partial charge in [0.15, 0.2) is 9.84 Å². The molecule has 21 heavy (non-hydrogen) atoms. The van der Waals surface area contributed by atoms with Crippen molar-refractivity contribution in [2.45, 2.75) is 43.0 Å². The maximum atomic E-state index is 11.7. The van der Waals surface area contributed by atoms with Crippen LogP contribution in [-0.2, 0) is 9.84 Å². The molecule has 0 aromatic heterocycles. The number of nitrogen functional groups attached to an aromatic ring is 1. The molecule has 2 rings (SSSR count). The highest BCUT2D eigenvalue weighted by atomic mass is 32.2. The maximum absolute atomic E-state index is 11.7. The summed E-state index contributed by atoms with van der Waals surface area (Å²) < 4.78 is 23.5. The summed E-state index contributed by atoms with van der Waals surface area (Å²) in [5, 5.41) is 13.1. The molecule has 0 spiro atoms. The highest BCUT2D eigenvalue weighted by molar-refractivity contribution is 7.90. The SMILES string of the molecule is CC1CCCC(CO)(Nc2cccc(S(C)(=O)=O)c2N)C1. The van der Waals surface area contributed by atoms with E-state index in [1.807, 2.05) is 0 Å². The first kappa shape index (κ1) is 16.1. The molecule has 1 aliphatic rings. The third kappa shape index (κ3) is 3.49. The van der Waals surface area contributed by atoms with Crippen molar-refractivity contribution in [2.75, 3.05) is 23.9 Å². The molecule has 4 N–H and O–H groups in total. The summed E-state index contributed by atoms with van der Waals surface area (Å²) in [7, 11) is -3.36. The van der Waals surface area contributed by atoms with Gasteiger partial charge in [0.25, 0.3) is 0 Å². The van der Waals surface area contributed by atoms with Gasteiger partial charge in [-0.2, -0.15) is 0 Å². The average Bonchev–Trinajstić information content (AvgIpc) is 2.40. The molecular formula is C15H24N2O3S. The number of aliphatic hydroxyl groups is 1. The number of hydrogen-bond acceptors (Lipinski definition) is 5. The summed E-state index contributed by atoms with van der Waals surface area (Å²) in [6.45, 7) is 2.18. The van der Waals surface area contributed by atoms with Gasteiger partial charge in [0, 0.05) is 6.26 Å². The van der Waals surface area contributed by atoms with Gasteiger partial charge < -0.3 is 16.2 Å². The zero-order valence-corrected chi connectivity index (χ0v) is 13.4. The van der Waals surface area contributed by atoms with E-state index in [0.717, 1.165) is 31.9 Å². The number of nitrogens with one attached hydrogen (secondary N) is 1. The first-order valence-electron chi connectivity index (χ1n) is 7.25. The lowest BCUT2D eigenvalue weighted by atomic mass is 9.76. The molecule has 6 heteroatoms. The molecule has 1 fully saturated rings. The molecule has 1 aromatic carbocycles. The van der Waals surface area contributed by atoms with E-state index in [2.05, 4.69) is 12.2 Å². The quantitative estimate of drug-likeness (QED) is 0.740. The Hall–Kier alpha value is -1.27. The Morgan fingerprint density at radius 3 is 2.76 bits per heavy atom. The fraction of sp³-hybridized carbons (Fsp3) is 0.600. The molecular weight excluding hydrogens is 288 g/mol. The molecule has 0 radical (unpaired) electrons. The Balaban J connectivity index is 2.34. The van der Waals surface area contributed by atoms with E-state index >= 15 is 0 Å². The Morgan fingerprint density at radius 1 is 1.48 bits per heavy atom. The second-order valence-corrected chi connectivity index (χ2v) is 8.24. The first-order chi connectivity index (χ1) is 9.77. The molecule has 0 amide bonds. The van der Waals surface area contributed by atoms with Crippen LogP contribution in [0.25, 0.3) is 0 Å². The molecule has 1 saturated carbocycles. The van der Waals surface area contributed by atoms with Crippen LogP contribution in [0.1, 0.15) is 32.6 Å². The van der Waals surface area contributed by atoms with E-state index in [1.54, 1.807) is 12.1 Å². The Labute approximate surface area is 126 Å². The lowest BCUT2D eigenvalue weighted by molar-refractivity contribution is 0.149. The molecule has 1 aliphatic carbocycles. The van der Waals surface area contributed by atoms with Crippen LogP contribution in [0.4, 0.5) is 11.4 Å². The lowest BCUT2D eigenvalue weighted by Crippen LogP contribution is -2.46. The predicted molar refractivity (Wildman–Crippen MR) is 85.0 cm³/mol. The fourth-order valence-corrected chi connectivity index (χ4v) is 4.05. The number of benzene rings is 1. The summed E-state index contributed by atoms with van der Waals surface area (Å²) in [6.07, 6.45) is 5.05. The predicted octanol–water partition coefficient (Wildman–Crippen LogP) is 2.03. The number of rotatable bonds is 4. The summed E-state index contributed by atoms with van der Waals surface area (Å²) in [4.78, 5) is 0.129. The lowest BCUT2D eigenvalue weighted by Gasteiger charge is -2.40. The molecule has 118 valence electrons. The second kappa shape index (κ2) is 5.85. The van der Waals surface area contributed by atoms with Gasteiger partial charge in [-0.25, -0.2) is 8.42 Å². The zero-order chi connectivity index (χ0) is 15.7. The van der Waals surface area contributed by atoms with Crippen LogP contribution < -0.4 is 11.1 Å². The Kier molecular flexibility index (Phi) is 4.49. The smallest absolute Gasteiger partial charge is 0.177 e. The van der Waals surface area contributed by atoms with Crippen molar-refractivity contribution in [3.8, 4) is 0 Å². The second-order valence-electron chi connectivity index (χ2n) is 6.25. The summed E-state index contributed by atoms with van der Waals surface area (Å²) >= 11 is 0. The zero-order valence-electron chi connectivity index (χ0n) is 12.6. The molecule has 2 unspecified atom stereocenters. The fourth-order valence-electron chi connectivity index (χ4n) is 3.22. The number of para-hydroxylation sites is 1. The van der Waals surface area contributed by atoms with Crippen molar-refractivity contribution in [2.24, 2.45) is 5.92 Å². The molecule has 5 nitrogen and oxygen atoms in total. The summed E-state index contributed by atoms with van der Waals surface area (Å²) in [5.41, 5.74) is 6.41. The highest BCUT2D eigenvalue weighted by Gasteiger charge is 2.35. The molecule has 2 atom stereocenters. The molecule has 1 aromatic rings. The maximum Gasteiger partial charge on any atom is 0.177 e. The third-order valence-corrected chi connectivity index (χ3v) is 5.41. The standard InChI is InChI=1S/C15H24N2O3S/c1-11-5-4-8-15(9-11,10-18)17-12-6-3-7-13(14(12)16)21(2,19)20/h3,6-7,11,17-18H,4-5,8-10,16H2,1-2H3. The van der Waals surface area contributed by atoms with Gasteiger partial charge in [-0.05, 0) is 30.9 Å². The topological polar surface area (TPSA) is 92.4 Å². The summed E-state index contributed by atoms with van der Waals surface area (Å²) in [6, 6.07) is 4.94. The summed E-state index contributed by atoms with van der Waals surface area (Å²) in [5.74, 6) is 0.526. The largest absolute Gasteiger partial charge is 0.396 e. The van der Waals surface area contributed by atoms with Crippen LogP contribution in [0.5, 0.6) is 0 Å². The monoisotopic (exact) mass is 312 g/mol. The van der Waals surface area contributed by atoms with Crippen molar-refractivity contribution in [1.29, 1.82) is 0 Å². The van der Waals surface area contributed by atoms with E-state index < -0.39 is 15.4 Å². The third-order valence-electron chi connectivity index (χ3n) is 4.26. The number of nitrogens with two attached hydrogens (primary N) is 1. The number of sulfone groups is 1. The van der Waals surface area contributed by atoms with E-state index in [0.29, 0.717) is 11.6 Å². The highest BCUT2D eigenvalue weighted by Crippen LogP contribution is 2.37. The van der Waals surface area contributed by atoms with Crippen molar-refractivity contribution in [1.82, 2.24) is 0 Å².